The minimum Gasteiger partial charge on any atom is -0.352 e. The Kier molecular flexibility index (Phi) is 6.50. The van der Waals surface area contributed by atoms with E-state index < -0.39 is 0 Å². The molecule has 0 saturated carbocycles. The zero-order valence-corrected chi connectivity index (χ0v) is 18.7. The van der Waals surface area contributed by atoms with Crippen LogP contribution in [0.3, 0.4) is 0 Å². The Hall–Kier alpha value is -2.63. The molecule has 6 heteroatoms. The topological polar surface area (TPSA) is 46.9 Å². The average molecular weight is 483 g/mol. The van der Waals surface area contributed by atoms with Gasteiger partial charge in [-0.15, -0.1) is 0 Å². The predicted octanol–water partition coefficient (Wildman–Crippen LogP) is 5.86. The second-order valence-corrected chi connectivity index (χ2v) is 8.39. The molecule has 3 aromatic carbocycles. The lowest BCUT2D eigenvalue weighted by Crippen LogP contribution is -2.25. The highest BCUT2D eigenvalue weighted by Crippen LogP contribution is 2.20. The number of para-hydroxylation sites is 2. The standard InChI is InChI=1S/C24H21BrClN3O/c25-18-13-11-17(12-14-18)16-29-22-9-4-3-8-21(22)28-23(29)10-5-15-27-24(30)19-6-1-2-7-20(19)26/h1-4,6-9,11-14H,5,10,15-16H2,(H,27,30). The molecule has 0 unspecified atom stereocenters. The first-order valence-corrected chi connectivity index (χ1v) is 11.0. The molecule has 4 aromatic rings. The lowest BCUT2D eigenvalue weighted by molar-refractivity contribution is 0.0953. The van der Waals surface area contributed by atoms with Gasteiger partial charge in [-0.1, -0.05) is 63.9 Å². The molecule has 1 amide bonds. The summed E-state index contributed by atoms with van der Waals surface area (Å²) < 4.78 is 3.32. The molecule has 0 fully saturated rings. The Morgan fingerprint density at radius 1 is 1.00 bits per heavy atom. The third-order valence-electron chi connectivity index (χ3n) is 4.97. The number of benzene rings is 3. The number of nitrogens with one attached hydrogen (secondary N) is 1. The molecule has 0 radical (unpaired) electrons. The van der Waals surface area contributed by atoms with Crippen molar-refractivity contribution in [3.05, 3.63) is 99.2 Å². The fraction of sp³-hybridized carbons (Fsp3) is 0.167. The summed E-state index contributed by atoms with van der Waals surface area (Å²) in [5.74, 6) is 0.870. The van der Waals surface area contributed by atoms with Crippen LogP contribution in [0.2, 0.25) is 5.02 Å². The molecule has 152 valence electrons. The van der Waals surface area contributed by atoms with Crippen molar-refractivity contribution in [3.8, 4) is 0 Å². The van der Waals surface area contributed by atoms with Crippen molar-refractivity contribution in [1.82, 2.24) is 14.9 Å². The number of imidazole rings is 1. The van der Waals surface area contributed by atoms with Gasteiger partial charge in [-0.3, -0.25) is 4.79 Å². The summed E-state index contributed by atoms with van der Waals surface area (Å²) in [6.45, 7) is 1.32. The molecule has 0 aliphatic rings. The van der Waals surface area contributed by atoms with Crippen molar-refractivity contribution < 1.29 is 4.79 Å². The van der Waals surface area contributed by atoms with Gasteiger partial charge in [0, 0.05) is 24.0 Å². The number of halogens is 2. The molecular weight excluding hydrogens is 462 g/mol. The highest BCUT2D eigenvalue weighted by atomic mass is 79.9. The van der Waals surface area contributed by atoms with E-state index in [2.05, 4.69) is 56.1 Å². The fourth-order valence-electron chi connectivity index (χ4n) is 3.45. The Morgan fingerprint density at radius 2 is 1.73 bits per heavy atom. The summed E-state index contributed by atoms with van der Waals surface area (Å²) in [6, 6.07) is 23.6. The lowest BCUT2D eigenvalue weighted by atomic mass is 10.2. The molecule has 4 rings (SSSR count). The number of hydrogen-bond donors (Lipinski definition) is 1. The van der Waals surface area contributed by atoms with Crippen LogP contribution in [0.1, 0.15) is 28.2 Å². The number of aryl methyl sites for hydroxylation is 1. The van der Waals surface area contributed by atoms with Crippen LogP contribution in [-0.4, -0.2) is 22.0 Å². The SMILES string of the molecule is O=C(NCCCc1nc2ccccc2n1Cc1ccc(Br)cc1)c1ccccc1Cl. The number of carbonyl (C=O) groups excluding carboxylic acids is 1. The van der Waals surface area contributed by atoms with Gasteiger partial charge in [0.2, 0.25) is 0 Å². The number of amides is 1. The van der Waals surface area contributed by atoms with Gasteiger partial charge in [0.15, 0.2) is 0 Å². The van der Waals surface area contributed by atoms with Crippen molar-refractivity contribution in [1.29, 1.82) is 0 Å². The quantitative estimate of drug-likeness (QED) is 0.335. The maximum atomic E-state index is 12.3. The van der Waals surface area contributed by atoms with E-state index in [-0.39, 0.29) is 5.91 Å². The van der Waals surface area contributed by atoms with Crippen LogP contribution in [0, 0.1) is 0 Å². The minimum absolute atomic E-state index is 0.149. The monoisotopic (exact) mass is 481 g/mol. The number of fused-ring (bicyclic) bond motifs is 1. The number of carbonyl (C=O) groups is 1. The third-order valence-corrected chi connectivity index (χ3v) is 5.83. The van der Waals surface area contributed by atoms with Crippen molar-refractivity contribution in [2.75, 3.05) is 6.54 Å². The molecule has 1 aromatic heterocycles. The van der Waals surface area contributed by atoms with Gasteiger partial charge in [0.25, 0.3) is 5.91 Å². The van der Waals surface area contributed by atoms with Gasteiger partial charge in [-0.2, -0.15) is 0 Å². The van der Waals surface area contributed by atoms with Gasteiger partial charge < -0.3 is 9.88 Å². The number of rotatable bonds is 7. The Bertz CT molecular complexity index is 1170. The summed E-state index contributed by atoms with van der Waals surface area (Å²) in [5.41, 5.74) is 3.83. The highest BCUT2D eigenvalue weighted by Gasteiger charge is 2.12. The first-order valence-electron chi connectivity index (χ1n) is 9.83. The predicted molar refractivity (Wildman–Crippen MR) is 125 cm³/mol. The van der Waals surface area contributed by atoms with E-state index in [1.165, 1.54) is 5.56 Å². The van der Waals surface area contributed by atoms with Crippen molar-refractivity contribution in [3.63, 3.8) is 0 Å². The molecule has 0 aliphatic carbocycles. The molecule has 0 saturated heterocycles. The first-order chi connectivity index (χ1) is 14.6. The number of nitrogens with zero attached hydrogens (tertiary/aromatic N) is 2. The zero-order valence-electron chi connectivity index (χ0n) is 16.3. The average Bonchev–Trinajstić information content (AvgIpc) is 3.10. The van der Waals surface area contributed by atoms with Crippen molar-refractivity contribution >= 4 is 44.5 Å². The normalized spacial score (nSPS) is 11.0. The Balaban J connectivity index is 1.45. The van der Waals surface area contributed by atoms with Crippen LogP contribution in [0.25, 0.3) is 11.0 Å². The van der Waals surface area contributed by atoms with E-state index in [0.29, 0.717) is 17.1 Å². The smallest absolute Gasteiger partial charge is 0.252 e. The van der Waals surface area contributed by atoms with E-state index in [4.69, 9.17) is 16.6 Å². The van der Waals surface area contributed by atoms with Crippen molar-refractivity contribution in [2.24, 2.45) is 0 Å². The van der Waals surface area contributed by atoms with Crippen LogP contribution in [0.15, 0.2) is 77.3 Å². The Morgan fingerprint density at radius 3 is 2.53 bits per heavy atom. The van der Waals surface area contributed by atoms with Gasteiger partial charge in [-0.25, -0.2) is 4.98 Å². The molecule has 30 heavy (non-hydrogen) atoms. The van der Waals surface area contributed by atoms with Gasteiger partial charge in [0.05, 0.1) is 21.6 Å². The molecule has 0 atom stereocenters. The van der Waals surface area contributed by atoms with Crippen LogP contribution >= 0.6 is 27.5 Å². The number of aromatic nitrogens is 2. The summed E-state index contributed by atoms with van der Waals surface area (Å²) in [7, 11) is 0. The second-order valence-electron chi connectivity index (χ2n) is 7.07. The maximum absolute atomic E-state index is 12.3. The molecule has 1 heterocycles. The maximum Gasteiger partial charge on any atom is 0.252 e. The van der Waals surface area contributed by atoms with Crippen molar-refractivity contribution in [2.45, 2.75) is 19.4 Å². The molecule has 1 N–H and O–H groups in total. The highest BCUT2D eigenvalue weighted by molar-refractivity contribution is 9.10. The summed E-state index contributed by atoms with van der Waals surface area (Å²) in [5, 5.41) is 3.42. The number of hydrogen-bond acceptors (Lipinski definition) is 2. The van der Waals surface area contributed by atoms with E-state index in [1.54, 1.807) is 12.1 Å². The van der Waals surface area contributed by atoms with Crippen LogP contribution in [0.5, 0.6) is 0 Å². The second kappa shape index (κ2) is 9.45. The first kappa shape index (κ1) is 20.6. The Labute approximate surface area is 189 Å². The van der Waals surface area contributed by atoms with Crippen LogP contribution in [0.4, 0.5) is 0 Å². The molecule has 0 aliphatic heterocycles. The van der Waals surface area contributed by atoms with E-state index in [0.717, 1.165) is 40.7 Å². The third kappa shape index (κ3) is 4.74. The van der Waals surface area contributed by atoms with E-state index in [9.17, 15) is 4.79 Å². The fourth-order valence-corrected chi connectivity index (χ4v) is 3.94. The van der Waals surface area contributed by atoms with Crippen LogP contribution in [-0.2, 0) is 13.0 Å². The molecule has 0 spiro atoms. The minimum atomic E-state index is -0.149. The molecular formula is C24H21BrClN3O. The van der Waals surface area contributed by atoms with Gasteiger partial charge in [-0.05, 0) is 48.4 Å². The van der Waals surface area contributed by atoms with E-state index in [1.807, 2.05) is 30.3 Å². The van der Waals surface area contributed by atoms with Gasteiger partial charge >= 0.3 is 0 Å². The zero-order chi connectivity index (χ0) is 20.9. The molecule has 4 nitrogen and oxygen atoms in total. The summed E-state index contributed by atoms with van der Waals surface area (Å²) in [6.07, 6.45) is 1.56. The lowest BCUT2D eigenvalue weighted by Gasteiger charge is -2.10. The summed E-state index contributed by atoms with van der Waals surface area (Å²) in [4.78, 5) is 17.2. The summed E-state index contributed by atoms with van der Waals surface area (Å²) >= 11 is 9.59. The van der Waals surface area contributed by atoms with E-state index >= 15 is 0 Å². The largest absolute Gasteiger partial charge is 0.352 e. The van der Waals surface area contributed by atoms with Crippen LogP contribution < -0.4 is 5.32 Å². The van der Waals surface area contributed by atoms with Gasteiger partial charge in [0.1, 0.15) is 5.82 Å². The molecule has 0 bridgehead atoms.